The molecule has 2 aliphatic rings. The number of hydrogen-bond donors (Lipinski definition) is 2. The second-order valence-corrected chi connectivity index (χ2v) is 4.30. The van der Waals surface area contributed by atoms with Gasteiger partial charge in [0.15, 0.2) is 0 Å². The van der Waals surface area contributed by atoms with Crippen molar-refractivity contribution in [2.45, 2.75) is 31.0 Å². The maximum absolute atomic E-state index is 9.37. The Balaban J connectivity index is 1.98. The molecular formula is C7H13NOS. The first kappa shape index (κ1) is 6.95. The van der Waals surface area contributed by atoms with Crippen LogP contribution in [-0.2, 0) is 0 Å². The van der Waals surface area contributed by atoms with Crippen molar-refractivity contribution in [3.63, 3.8) is 0 Å². The van der Waals surface area contributed by atoms with E-state index in [1.807, 2.05) is 11.8 Å². The van der Waals surface area contributed by atoms with Crippen LogP contribution in [0, 0.1) is 0 Å². The summed E-state index contributed by atoms with van der Waals surface area (Å²) in [7, 11) is 0. The molecule has 2 nitrogen and oxygen atoms in total. The highest BCUT2D eigenvalue weighted by Gasteiger charge is 2.29. The van der Waals surface area contributed by atoms with Crippen molar-refractivity contribution in [1.82, 2.24) is 5.32 Å². The summed E-state index contributed by atoms with van der Waals surface area (Å²) in [5.74, 6) is 2.38. The molecule has 2 bridgehead atoms. The number of piperidine rings is 1. The van der Waals surface area contributed by atoms with Crippen LogP contribution in [0.5, 0.6) is 0 Å². The summed E-state index contributed by atoms with van der Waals surface area (Å²) in [5, 5.41) is 12.9. The van der Waals surface area contributed by atoms with Crippen LogP contribution < -0.4 is 5.32 Å². The molecule has 2 saturated heterocycles. The van der Waals surface area contributed by atoms with Crippen LogP contribution in [-0.4, -0.2) is 34.8 Å². The van der Waals surface area contributed by atoms with Gasteiger partial charge in [-0.25, -0.2) is 0 Å². The van der Waals surface area contributed by atoms with Crippen LogP contribution in [0.4, 0.5) is 0 Å². The average Bonchev–Trinajstić information content (AvgIpc) is 1.85. The molecule has 58 valence electrons. The molecular weight excluding hydrogens is 146 g/mol. The summed E-state index contributed by atoms with van der Waals surface area (Å²) in [5.41, 5.74) is 0. The zero-order valence-corrected chi connectivity index (χ0v) is 6.73. The monoisotopic (exact) mass is 159 g/mol. The van der Waals surface area contributed by atoms with Gasteiger partial charge in [0.2, 0.25) is 0 Å². The minimum Gasteiger partial charge on any atom is -0.393 e. The lowest BCUT2D eigenvalue weighted by molar-refractivity contribution is 0.101. The summed E-state index contributed by atoms with van der Waals surface area (Å²) in [6.45, 7) is 0. The van der Waals surface area contributed by atoms with Crippen LogP contribution in [0.25, 0.3) is 0 Å². The largest absolute Gasteiger partial charge is 0.393 e. The van der Waals surface area contributed by atoms with Crippen molar-refractivity contribution < 1.29 is 5.11 Å². The van der Waals surface area contributed by atoms with Gasteiger partial charge < -0.3 is 10.4 Å². The molecule has 2 aliphatic heterocycles. The molecule has 0 aliphatic carbocycles. The molecule has 10 heavy (non-hydrogen) atoms. The lowest BCUT2D eigenvalue weighted by atomic mass is 9.97. The van der Waals surface area contributed by atoms with Crippen molar-refractivity contribution in [3.05, 3.63) is 0 Å². The average molecular weight is 159 g/mol. The summed E-state index contributed by atoms with van der Waals surface area (Å²) < 4.78 is 0. The van der Waals surface area contributed by atoms with Gasteiger partial charge in [-0.15, -0.1) is 0 Å². The first-order chi connectivity index (χ1) is 4.84. The highest BCUT2D eigenvalue weighted by atomic mass is 32.2. The number of nitrogens with one attached hydrogen (secondary N) is 1. The zero-order valence-electron chi connectivity index (χ0n) is 5.92. The fraction of sp³-hybridized carbons (Fsp3) is 1.00. The maximum Gasteiger partial charge on any atom is 0.0570 e. The van der Waals surface area contributed by atoms with E-state index < -0.39 is 0 Å². The van der Waals surface area contributed by atoms with Gasteiger partial charge in [0, 0.05) is 23.6 Å². The number of fused-ring (bicyclic) bond motifs is 2. The molecule has 2 fully saturated rings. The van der Waals surface area contributed by atoms with Crippen LogP contribution in [0.15, 0.2) is 0 Å². The van der Waals surface area contributed by atoms with Crippen molar-refractivity contribution in [2.24, 2.45) is 0 Å². The minimum absolute atomic E-state index is 0.0304. The first-order valence-electron chi connectivity index (χ1n) is 3.86. The number of hydrogen-bond acceptors (Lipinski definition) is 3. The number of aliphatic hydroxyl groups excluding tert-OH is 1. The van der Waals surface area contributed by atoms with E-state index in [4.69, 9.17) is 0 Å². The van der Waals surface area contributed by atoms with Gasteiger partial charge >= 0.3 is 0 Å². The third-order valence-electron chi connectivity index (χ3n) is 2.22. The minimum atomic E-state index is -0.0304. The molecule has 2 N–H and O–H groups in total. The summed E-state index contributed by atoms with van der Waals surface area (Å²) in [4.78, 5) is 0. The van der Waals surface area contributed by atoms with E-state index in [2.05, 4.69) is 5.32 Å². The lowest BCUT2D eigenvalue weighted by Gasteiger charge is -2.37. The van der Waals surface area contributed by atoms with E-state index >= 15 is 0 Å². The van der Waals surface area contributed by atoms with Crippen molar-refractivity contribution in [2.75, 3.05) is 11.5 Å². The van der Waals surface area contributed by atoms with E-state index in [0.717, 1.165) is 12.8 Å². The summed E-state index contributed by atoms with van der Waals surface area (Å²) in [6.07, 6.45) is 1.89. The van der Waals surface area contributed by atoms with Crippen molar-refractivity contribution in [3.8, 4) is 0 Å². The van der Waals surface area contributed by atoms with Crippen LogP contribution in [0.1, 0.15) is 12.8 Å². The third kappa shape index (κ3) is 1.31. The number of rotatable bonds is 0. The molecule has 2 heterocycles. The lowest BCUT2D eigenvalue weighted by Crippen LogP contribution is -2.52. The van der Waals surface area contributed by atoms with E-state index in [9.17, 15) is 5.11 Å². The normalized spacial score (nSPS) is 47.1. The van der Waals surface area contributed by atoms with Gasteiger partial charge in [0.05, 0.1) is 6.10 Å². The van der Waals surface area contributed by atoms with Crippen LogP contribution in [0.3, 0.4) is 0 Å². The molecule has 3 heteroatoms. The van der Waals surface area contributed by atoms with E-state index in [0.29, 0.717) is 12.1 Å². The Morgan fingerprint density at radius 1 is 1.20 bits per heavy atom. The predicted molar refractivity (Wildman–Crippen MR) is 43.3 cm³/mol. The molecule has 0 saturated carbocycles. The molecule has 2 unspecified atom stereocenters. The van der Waals surface area contributed by atoms with Gasteiger partial charge in [-0.3, -0.25) is 0 Å². The maximum atomic E-state index is 9.37. The molecule has 0 amide bonds. The molecule has 0 aromatic rings. The summed E-state index contributed by atoms with van der Waals surface area (Å²) in [6, 6.07) is 1.18. The molecule has 0 radical (unpaired) electrons. The quantitative estimate of drug-likeness (QED) is 0.530. The highest BCUT2D eigenvalue weighted by Crippen LogP contribution is 2.24. The Hall–Kier alpha value is 0.270. The van der Waals surface area contributed by atoms with Crippen LogP contribution in [0.2, 0.25) is 0 Å². The predicted octanol–water partition coefficient (Wildman–Crippen LogP) is 0.215. The van der Waals surface area contributed by atoms with E-state index in [-0.39, 0.29) is 6.10 Å². The number of thioether (sulfide) groups is 1. The fourth-order valence-corrected chi connectivity index (χ4v) is 2.98. The van der Waals surface area contributed by atoms with Crippen molar-refractivity contribution >= 4 is 11.8 Å². The Bertz CT molecular complexity index is 115. The molecule has 0 aromatic carbocycles. The SMILES string of the molecule is OC1CC2CSCC(C1)N2. The van der Waals surface area contributed by atoms with Gasteiger partial charge in [-0.1, -0.05) is 0 Å². The van der Waals surface area contributed by atoms with Gasteiger partial charge in [0.25, 0.3) is 0 Å². The summed E-state index contributed by atoms with van der Waals surface area (Å²) >= 11 is 2.02. The molecule has 2 rings (SSSR count). The second-order valence-electron chi connectivity index (χ2n) is 3.22. The Morgan fingerprint density at radius 3 is 2.40 bits per heavy atom. The standard InChI is InChI=1S/C7H13NOS/c9-7-1-5-3-10-4-6(2-7)8-5/h5-9H,1-4H2. The van der Waals surface area contributed by atoms with Gasteiger partial charge in [0.1, 0.15) is 0 Å². The second kappa shape index (κ2) is 2.72. The fourth-order valence-electron chi connectivity index (χ4n) is 1.81. The van der Waals surface area contributed by atoms with Crippen LogP contribution >= 0.6 is 11.8 Å². The van der Waals surface area contributed by atoms with Gasteiger partial charge in [-0.2, -0.15) is 11.8 Å². The van der Waals surface area contributed by atoms with Gasteiger partial charge in [-0.05, 0) is 12.8 Å². The smallest absolute Gasteiger partial charge is 0.0570 e. The Labute approximate surface area is 65.4 Å². The zero-order chi connectivity index (χ0) is 6.97. The third-order valence-corrected chi connectivity index (χ3v) is 3.50. The van der Waals surface area contributed by atoms with Crippen molar-refractivity contribution in [1.29, 1.82) is 0 Å². The molecule has 0 aromatic heterocycles. The topological polar surface area (TPSA) is 32.3 Å². The van der Waals surface area contributed by atoms with E-state index in [1.165, 1.54) is 11.5 Å². The highest BCUT2D eigenvalue weighted by molar-refractivity contribution is 7.99. The molecule has 2 atom stereocenters. The first-order valence-corrected chi connectivity index (χ1v) is 5.02. The van der Waals surface area contributed by atoms with E-state index in [1.54, 1.807) is 0 Å². The Morgan fingerprint density at radius 2 is 1.80 bits per heavy atom. The molecule has 0 spiro atoms. The number of aliphatic hydroxyl groups is 1. The Kier molecular flexibility index (Phi) is 1.89.